The van der Waals surface area contributed by atoms with Gasteiger partial charge in [-0.25, -0.2) is 4.79 Å². The second kappa shape index (κ2) is 6.05. The number of benzene rings is 1. The molecule has 1 aromatic carbocycles. The SMILES string of the molecule is CC(C)(C)OC(=O)Nc1cccc(N2CC(Br)CC2=O)c1. The third-order valence-corrected chi connectivity index (χ3v) is 3.49. The zero-order chi connectivity index (χ0) is 15.6. The van der Waals surface area contributed by atoms with Gasteiger partial charge in [-0.2, -0.15) is 0 Å². The van der Waals surface area contributed by atoms with Crippen LogP contribution in [0.1, 0.15) is 27.2 Å². The van der Waals surface area contributed by atoms with Crippen LogP contribution in [0.3, 0.4) is 0 Å². The number of rotatable bonds is 2. The van der Waals surface area contributed by atoms with Crippen LogP contribution in [0.25, 0.3) is 0 Å². The Balaban J connectivity index is 2.08. The van der Waals surface area contributed by atoms with Crippen LogP contribution in [0, 0.1) is 0 Å². The van der Waals surface area contributed by atoms with E-state index in [0.29, 0.717) is 18.7 Å². The first-order valence-electron chi connectivity index (χ1n) is 6.79. The summed E-state index contributed by atoms with van der Waals surface area (Å²) in [5.74, 6) is 0.0753. The molecule has 2 amide bonds. The molecule has 2 rings (SSSR count). The molecule has 6 heteroatoms. The molecule has 1 atom stereocenters. The molecular formula is C15H19BrN2O3. The van der Waals surface area contributed by atoms with Gasteiger partial charge >= 0.3 is 6.09 Å². The van der Waals surface area contributed by atoms with Crippen LogP contribution in [0.5, 0.6) is 0 Å². The van der Waals surface area contributed by atoms with Gasteiger partial charge in [0.05, 0.1) is 0 Å². The maximum atomic E-state index is 11.9. The number of halogens is 1. The number of hydrogen-bond donors (Lipinski definition) is 1. The smallest absolute Gasteiger partial charge is 0.412 e. The minimum absolute atomic E-state index is 0.0753. The molecule has 0 aliphatic carbocycles. The maximum Gasteiger partial charge on any atom is 0.412 e. The lowest BCUT2D eigenvalue weighted by Gasteiger charge is -2.20. The van der Waals surface area contributed by atoms with Gasteiger partial charge < -0.3 is 9.64 Å². The van der Waals surface area contributed by atoms with E-state index in [9.17, 15) is 9.59 Å². The topological polar surface area (TPSA) is 58.6 Å². The molecule has 21 heavy (non-hydrogen) atoms. The van der Waals surface area contributed by atoms with Gasteiger partial charge in [-0.15, -0.1) is 0 Å². The highest BCUT2D eigenvalue weighted by molar-refractivity contribution is 9.09. The summed E-state index contributed by atoms with van der Waals surface area (Å²) in [4.78, 5) is 25.5. The van der Waals surface area contributed by atoms with Crippen molar-refractivity contribution in [3.8, 4) is 0 Å². The summed E-state index contributed by atoms with van der Waals surface area (Å²) in [5, 5.41) is 2.68. The number of alkyl halides is 1. The first-order valence-corrected chi connectivity index (χ1v) is 7.71. The van der Waals surface area contributed by atoms with Crippen molar-refractivity contribution in [1.29, 1.82) is 0 Å². The fourth-order valence-electron chi connectivity index (χ4n) is 2.09. The van der Waals surface area contributed by atoms with E-state index in [4.69, 9.17) is 4.74 Å². The number of anilines is 2. The lowest BCUT2D eigenvalue weighted by Crippen LogP contribution is -2.27. The quantitative estimate of drug-likeness (QED) is 0.826. The number of hydrogen-bond acceptors (Lipinski definition) is 3. The van der Waals surface area contributed by atoms with Crippen LogP contribution >= 0.6 is 15.9 Å². The van der Waals surface area contributed by atoms with Crippen molar-refractivity contribution in [2.24, 2.45) is 0 Å². The van der Waals surface area contributed by atoms with E-state index in [2.05, 4.69) is 21.2 Å². The van der Waals surface area contributed by atoms with Crippen molar-refractivity contribution in [2.45, 2.75) is 37.6 Å². The van der Waals surface area contributed by atoms with Crippen LogP contribution in [-0.4, -0.2) is 29.0 Å². The van der Waals surface area contributed by atoms with E-state index < -0.39 is 11.7 Å². The standard InChI is InChI=1S/C15H19BrN2O3/c1-15(2,3)21-14(20)17-11-5-4-6-12(8-11)18-9-10(16)7-13(18)19/h4-6,8,10H,7,9H2,1-3H3,(H,17,20). The number of nitrogens with one attached hydrogen (secondary N) is 1. The lowest BCUT2D eigenvalue weighted by atomic mass is 10.2. The molecule has 0 spiro atoms. The molecular weight excluding hydrogens is 336 g/mol. The Kier molecular flexibility index (Phi) is 4.56. The molecule has 1 aliphatic heterocycles. The molecule has 0 saturated carbocycles. The predicted octanol–water partition coefficient (Wildman–Crippen LogP) is 3.53. The van der Waals surface area contributed by atoms with Crippen molar-refractivity contribution < 1.29 is 14.3 Å². The molecule has 1 unspecified atom stereocenters. The Morgan fingerprint density at radius 2 is 2.14 bits per heavy atom. The summed E-state index contributed by atoms with van der Waals surface area (Å²) in [6.45, 7) is 6.06. The molecule has 114 valence electrons. The zero-order valence-electron chi connectivity index (χ0n) is 12.4. The van der Waals surface area contributed by atoms with Crippen molar-refractivity contribution in [3.05, 3.63) is 24.3 Å². The Bertz CT molecular complexity index is 554. The van der Waals surface area contributed by atoms with Crippen LogP contribution in [0.2, 0.25) is 0 Å². The van der Waals surface area contributed by atoms with Gasteiger partial charge in [0.25, 0.3) is 0 Å². The van der Waals surface area contributed by atoms with E-state index in [1.54, 1.807) is 23.1 Å². The van der Waals surface area contributed by atoms with Crippen LogP contribution < -0.4 is 10.2 Å². The Labute approximate surface area is 132 Å². The molecule has 0 radical (unpaired) electrons. The highest BCUT2D eigenvalue weighted by Gasteiger charge is 2.28. The Morgan fingerprint density at radius 1 is 1.43 bits per heavy atom. The Hall–Kier alpha value is -1.56. The second-order valence-electron chi connectivity index (χ2n) is 5.98. The minimum Gasteiger partial charge on any atom is -0.444 e. The first kappa shape index (κ1) is 15.8. The Morgan fingerprint density at radius 3 is 2.71 bits per heavy atom. The third-order valence-electron chi connectivity index (χ3n) is 2.88. The lowest BCUT2D eigenvalue weighted by molar-refractivity contribution is -0.117. The van der Waals surface area contributed by atoms with Gasteiger partial charge in [0.15, 0.2) is 0 Å². The average Bonchev–Trinajstić information content (AvgIpc) is 2.66. The molecule has 1 N–H and O–H groups in total. The van der Waals surface area contributed by atoms with Crippen molar-refractivity contribution in [1.82, 2.24) is 0 Å². The molecule has 1 saturated heterocycles. The molecule has 0 aromatic heterocycles. The molecule has 5 nitrogen and oxygen atoms in total. The molecule has 1 fully saturated rings. The number of carbonyl (C=O) groups is 2. The fourth-order valence-corrected chi connectivity index (χ4v) is 2.65. The predicted molar refractivity (Wildman–Crippen MR) is 86.0 cm³/mol. The van der Waals surface area contributed by atoms with Gasteiger partial charge in [0.2, 0.25) is 5.91 Å². The van der Waals surface area contributed by atoms with E-state index in [-0.39, 0.29) is 10.7 Å². The van der Waals surface area contributed by atoms with E-state index >= 15 is 0 Å². The summed E-state index contributed by atoms with van der Waals surface area (Å²) in [5.41, 5.74) is 0.832. The molecule has 0 bridgehead atoms. The normalized spacial score (nSPS) is 18.8. The number of nitrogens with zero attached hydrogens (tertiary/aromatic N) is 1. The summed E-state index contributed by atoms with van der Waals surface area (Å²) >= 11 is 3.46. The molecule has 1 aliphatic rings. The largest absolute Gasteiger partial charge is 0.444 e. The summed E-state index contributed by atoms with van der Waals surface area (Å²) < 4.78 is 5.21. The minimum atomic E-state index is -0.546. The number of carbonyl (C=O) groups excluding carboxylic acids is 2. The third kappa shape index (κ3) is 4.46. The van der Waals surface area contributed by atoms with E-state index in [0.717, 1.165) is 5.69 Å². The number of amides is 2. The highest BCUT2D eigenvalue weighted by atomic mass is 79.9. The van der Waals surface area contributed by atoms with Crippen molar-refractivity contribution in [2.75, 3.05) is 16.8 Å². The van der Waals surface area contributed by atoms with Gasteiger partial charge in [-0.05, 0) is 39.0 Å². The molecule has 1 aromatic rings. The van der Waals surface area contributed by atoms with Gasteiger partial charge in [-0.1, -0.05) is 22.0 Å². The summed E-state index contributed by atoms with van der Waals surface area (Å²) in [6.07, 6.45) is -0.0187. The van der Waals surface area contributed by atoms with Gasteiger partial charge in [0, 0.05) is 29.2 Å². The molecule has 1 heterocycles. The summed E-state index contributed by atoms with van der Waals surface area (Å²) in [7, 11) is 0. The van der Waals surface area contributed by atoms with Crippen molar-refractivity contribution in [3.63, 3.8) is 0 Å². The number of ether oxygens (including phenoxy) is 1. The van der Waals surface area contributed by atoms with E-state index in [1.807, 2.05) is 26.8 Å². The van der Waals surface area contributed by atoms with Gasteiger partial charge in [-0.3, -0.25) is 10.1 Å². The van der Waals surface area contributed by atoms with Crippen LogP contribution in [0.4, 0.5) is 16.2 Å². The first-order chi connectivity index (χ1) is 9.74. The monoisotopic (exact) mass is 354 g/mol. The van der Waals surface area contributed by atoms with E-state index in [1.165, 1.54) is 0 Å². The van der Waals surface area contributed by atoms with Crippen LogP contribution in [0.15, 0.2) is 24.3 Å². The van der Waals surface area contributed by atoms with Gasteiger partial charge in [0.1, 0.15) is 5.60 Å². The summed E-state index contributed by atoms with van der Waals surface area (Å²) in [6, 6.07) is 7.19. The zero-order valence-corrected chi connectivity index (χ0v) is 13.9. The second-order valence-corrected chi connectivity index (χ2v) is 7.28. The van der Waals surface area contributed by atoms with Crippen LogP contribution in [-0.2, 0) is 9.53 Å². The maximum absolute atomic E-state index is 11.9. The highest BCUT2D eigenvalue weighted by Crippen LogP contribution is 2.27. The fraction of sp³-hybridized carbons (Fsp3) is 0.467. The average molecular weight is 355 g/mol. The van der Waals surface area contributed by atoms with Crippen molar-refractivity contribution >= 4 is 39.3 Å².